The van der Waals surface area contributed by atoms with E-state index in [0.29, 0.717) is 11.5 Å². The molecule has 0 aliphatic heterocycles. The van der Waals surface area contributed by atoms with E-state index in [9.17, 15) is 4.39 Å². The molecule has 5 nitrogen and oxygen atoms in total. The molecule has 0 aliphatic rings. The topological polar surface area (TPSA) is 69.6 Å². The fraction of sp³-hybridized carbons (Fsp3) is 0. The van der Waals surface area contributed by atoms with Gasteiger partial charge in [0.2, 0.25) is 0 Å². The van der Waals surface area contributed by atoms with Gasteiger partial charge >= 0.3 is 0 Å². The summed E-state index contributed by atoms with van der Waals surface area (Å²) in [6.45, 7) is 0. The number of nitrogens with zero attached hydrogens (tertiary/aromatic N) is 4. The highest BCUT2D eigenvalue weighted by Gasteiger charge is 2.13. The van der Waals surface area contributed by atoms with Crippen LogP contribution in [0.5, 0.6) is 0 Å². The lowest BCUT2D eigenvalue weighted by Gasteiger charge is -2.06. The molecule has 0 bridgehead atoms. The van der Waals surface area contributed by atoms with Crippen molar-refractivity contribution in [1.82, 2.24) is 20.2 Å². The van der Waals surface area contributed by atoms with Gasteiger partial charge in [-0.15, -0.1) is 5.10 Å². The van der Waals surface area contributed by atoms with Crippen LogP contribution < -0.4 is 5.73 Å². The maximum Gasteiger partial charge on any atom is 0.187 e. The van der Waals surface area contributed by atoms with Crippen molar-refractivity contribution in [2.75, 3.05) is 5.73 Å². The Morgan fingerprint density at radius 3 is 2.63 bits per heavy atom. The molecule has 19 heavy (non-hydrogen) atoms. The SMILES string of the molecule is Nc1ccc(F)c(-n2nnnc2-c2ccccc2)c1. The number of halogens is 1. The molecule has 0 radical (unpaired) electrons. The van der Waals surface area contributed by atoms with Gasteiger partial charge in [0.25, 0.3) is 0 Å². The summed E-state index contributed by atoms with van der Waals surface area (Å²) in [4.78, 5) is 0. The number of aromatic nitrogens is 4. The van der Waals surface area contributed by atoms with Crippen LogP contribution in [0, 0.1) is 5.82 Å². The molecule has 2 aromatic carbocycles. The van der Waals surface area contributed by atoms with Crippen LogP contribution in [-0.4, -0.2) is 20.2 Å². The average molecular weight is 255 g/mol. The summed E-state index contributed by atoms with van der Waals surface area (Å²) in [5.41, 5.74) is 7.15. The first-order chi connectivity index (χ1) is 9.25. The van der Waals surface area contributed by atoms with E-state index in [2.05, 4.69) is 15.5 Å². The standard InChI is InChI=1S/C13H10FN5/c14-11-7-6-10(15)8-12(11)19-13(16-17-18-19)9-4-2-1-3-5-9/h1-8H,15H2. The van der Waals surface area contributed by atoms with E-state index in [4.69, 9.17) is 5.73 Å². The van der Waals surface area contributed by atoms with Gasteiger partial charge < -0.3 is 5.73 Å². The minimum Gasteiger partial charge on any atom is -0.399 e. The average Bonchev–Trinajstić information content (AvgIpc) is 2.91. The lowest BCUT2D eigenvalue weighted by molar-refractivity contribution is 0.608. The summed E-state index contributed by atoms with van der Waals surface area (Å²) in [6, 6.07) is 13.6. The van der Waals surface area contributed by atoms with Crippen molar-refractivity contribution in [2.24, 2.45) is 0 Å². The third kappa shape index (κ3) is 2.03. The molecule has 0 unspecified atom stereocenters. The summed E-state index contributed by atoms with van der Waals surface area (Å²) in [7, 11) is 0. The first-order valence-corrected chi connectivity index (χ1v) is 5.65. The molecular weight excluding hydrogens is 245 g/mol. The van der Waals surface area contributed by atoms with Gasteiger partial charge in [-0.1, -0.05) is 30.3 Å². The highest BCUT2D eigenvalue weighted by molar-refractivity contribution is 5.58. The highest BCUT2D eigenvalue weighted by atomic mass is 19.1. The zero-order chi connectivity index (χ0) is 13.2. The second-order valence-corrected chi connectivity index (χ2v) is 3.99. The van der Waals surface area contributed by atoms with Crippen LogP contribution in [0.4, 0.5) is 10.1 Å². The van der Waals surface area contributed by atoms with Crippen molar-refractivity contribution < 1.29 is 4.39 Å². The van der Waals surface area contributed by atoms with Gasteiger partial charge in [-0.25, -0.2) is 4.39 Å². The van der Waals surface area contributed by atoms with E-state index in [1.807, 2.05) is 30.3 Å². The second-order valence-electron chi connectivity index (χ2n) is 3.99. The number of anilines is 1. The van der Waals surface area contributed by atoms with Crippen LogP contribution in [0.1, 0.15) is 0 Å². The van der Waals surface area contributed by atoms with E-state index in [0.717, 1.165) is 5.56 Å². The Morgan fingerprint density at radius 2 is 1.84 bits per heavy atom. The van der Waals surface area contributed by atoms with Crippen LogP contribution in [0.3, 0.4) is 0 Å². The minimum absolute atomic E-state index is 0.226. The van der Waals surface area contributed by atoms with Crippen molar-refractivity contribution in [1.29, 1.82) is 0 Å². The van der Waals surface area contributed by atoms with Crippen LogP contribution in [0.2, 0.25) is 0 Å². The van der Waals surface area contributed by atoms with E-state index in [1.54, 1.807) is 0 Å². The van der Waals surface area contributed by atoms with E-state index in [1.165, 1.54) is 22.9 Å². The Balaban J connectivity index is 2.18. The monoisotopic (exact) mass is 255 g/mol. The molecule has 0 spiro atoms. The van der Waals surface area contributed by atoms with Crippen molar-refractivity contribution in [3.8, 4) is 17.1 Å². The number of nitrogen functional groups attached to an aromatic ring is 1. The Bertz CT molecular complexity index is 708. The Kier molecular flexibility index (Phi) is 2.68. The molecule has 3 rings (SSSR count). The molecule has 0 saturated heterocycles. The molecule has 0 fully saturated rings. The number of hydrogen-bond donors (Lipinski definition) is 1. The van der Waals surface area contributed by atoms with Gasteiger partial charge in [-0.3, -0.25) is 0 Å². The van der Waals surface area contributed by atoms with Crippen molar-refractivity contribution in [2.45, 2.75) is 0 Å². The predicted molar refractivity (Wildman–Crippen MR) is 69.0 cm³/mol. The zero-order valence-electron chi connectivity index (χ0n) is 9.86. The number of tetrazole rings is 1. The maximum atomic E-state index is 13.9. The Hall–Kier alpha value is -2.76. The van der Waals surface area contributed by atoms with E-state index < -0.39 is 5.82 Å². The summed E-state index contributed by atoms with van der Waals surface area (Å²) in [5, 5.41) is 11.4. The quantitative estimate of drug-likeness (QED) is 0.711. The lowest BCUT2D eigenvalue weighted by Crippen LogP contribution is -2.03. The third-order valence-corrected chi connectivity index (χ3v) is 2.70. The molecule has 6 heteroatoms. The van der Waals surface area contributed by atoms with Crippen molar-refractivity contribution >= 4 is 5.69 Å². The van der Waals surface area contributed by atoms with Crippen LogP contribution >= 0.6 is 0 Å². The molecule has 0 saturated carbocycles. The molecule has 0 atom stereocenters. The number of hydrogen-bond acceptors (Lipinski definition) is 4. The normalized spacial score (nSPS) is 10.6. The molecule has 1 heterocycles. The van der Waals surface area contributed by atoms with Gasteiger partial charge in [0.05, 0.1) is 0 Å². The summed E-state index contributed by atoms with van der Waals surface area (Å²) >= 11 is 0. The van der Waals surface area contributed by atoms with Gasteiger partial charge in [-0.05, 0) is 28.6 Å². The van der Waals surface area contributed by atoms with E-state index in [-0.39, 0.29) is 5.69 Å². The fourth-order valence-electron chi connectivity index (χ4n) is 1.81. The summed E-state index contributed by atoms with van der Waals surface area (Å²) in [6.07, 6.45) is 0. The fourth-order valence-corrected chi connectivity index (χ4v) is 1.81. The van der Waals surface area contributed by atoms with Gasteiger partial charge in [0.15, 0.2) is 5.82 Å². The van der Waals surface area contributed by atoms with E-state index >= 15 is 0 Å². The maximum absolute atomic E-state index is 13.9. The zero-order valence-corrected chi connectivity index (χ0v) is 9.86. The molecule has 0 aliphatic carbocycles. The first-order valence-electron chi connectivity index (χ1n) is 5.65. The molecular formula is C13H10FN5. The van der Waals surface area contributed by atoms with Crippen molar-refractivity contribution in [3.05, 3.63) is 54.3 Å². The third-order valence-electron chi connectivity index (χ3n) is 2.70. The molecule has 1 aromatic heterocycles. The van der Waals surface area contributed by atoms with Gasteiger partial charge in [0, 0.05) is 11.3 Å². The summed E-state index contributed by atoms with van der Waals surface area (Å²) < 4.78 is 15.2. The molecule has 94 valence electrons. The van der Waals surface area contributed by atoms with Crippen LogP contribution in [0.15, 0.2) is 48.5 Å². The smallest absolute Gasteiger partial charge is 0.187 e. The van der Waals surface area contributed by atoms with Gasteiger partial charge in [0.1, 0.15) is 11.5 Å². The van der Waals surface area contributed by atoms with Crippen LogP contribution in [0.25, 0.3) is 17.1 Å². The molecule has 3 aromatic rings. The Labute approximate surface area is 108 Å². The second kappa shape index (κ2) is 4.49. The lowest BCUT2D eigenvalue weighted by atomic mass is 10.2. The minimum atomic E-state index is -0.432. The number of nitrogens with two attached hydrogens (primary N) is 1. The van der Waals surface area contributed by atoms with Crippen molar-refractivity contribution in [3.63, 3.8) is 0 Å². The summed E-state index contributed by atoms with van der Waals surface area (Å²) in [5.74, 6) is 0.0313. The first kappa shape index (κ1) is 11.3. The van der Waals surface area contributed by atoms with Gasteiger partial charge in [-0.2, -0.15) is 4.68 Å². The predicted octanol–water partition coefficient (Wildman–Crippen LogP) is 2.05. The molecule has 0 amide bonds. The Morgan fingerprint density at radius 1 is 1.05 bits per heavy atom. The highest BCUT2D eigenvalue weighted by Crippen LogP contribution is 2.22. The number of benzene rings is 2. The van der Waals surface area contributed by atoms with Crippen LogP contribution in [-0.2, 0) is 0 Å². The molecule has 2 N–H and O–H groups in total. The number of rotatable bonds is 2. The largest absolute Gasteiger partial charge is 0.399 e.